The van der Waals surface area contributed by atoms with E-state index in [9.17, 15) is 14.9 Å². The maximum Gasteiger partial charge on any atom is 0.279 e. The third-order valence-electron chi connectivity index (χ3n) is 2.12. The quantitative estimate of drug-likeness (QED) is 0.284. The smallest absolute Gasteiger partial charge is 0.279 e. The minimum absolute atomic E-state index is 0.116. The molecule has 0 aliphatic rings. The topological polar surface area (TPSA) is 121 Å². The highest BCUT2D eigenvalue weighted by atomic mass is 16.6. The maximum absolute atomic E-state index is 11.6. The number of hydrogen-bond acceptors (Lipinski definition) is 4. The third-order valence-corrected chi connectivity index (χ3v) is 2.12. The number of nitrogens with zero attached hydrogens (tertiary/aromatic N) is 4. The molecule has 0 radical (unpaired) electrons. The van der Waals surface area contributed by atoms with Crippen molar-refractivity contribution in [1.82, 2.24) is 5.32 Å². The van der Waals surface area contributed by atoms with Gasteiger partial charge >= 0.3 is 0 Å². The molecule has 1 rings (SSSR count). The minimum Gasteiger partial charge on any atom is -0.352 e. The number of carbonyl (C=O) groups is 1. The Hall–Kier alpha value is -2.60. The van der Waals surface area contributed by atoms with Crippen LogP contribution >= 0.6 is 0 Å². The molecule has 0 saturated carbocycles. The van der Waals surface area contributed by atoms with Crippen LogP contribution in [0.25, 0.3) is 10.4 Å². The van der Waals surface area contributed by atoms with E-state index in [2.05, 4.69) is 15.3 Å². The highest BCUT2D eigenvalue weighted by Crippen LogP contribution is 2.28. The van der Waals surface area contributed by atoms with Crippen molar-refractivity contribution in [2.75, 3.05) is 6.54 Å². The van der Waals surface area contributed by atoms with Gasteiger partial charge in [0.1, 0.15) is 5.69 Å². The molecule has 0 bridgehead atoms. The van der Waals surface area contributed by atoms with Crippen LogP contribution in [0.4, 0.5) is 11.4 Å². The number of nitro benzene ring substituents is 1. The predicted octanol–water partition coefficient (Wildman–Crippen LogP) is 2.68. The molecular formula is C10H11N5O3. The molecule has 94 valence electrons. The molecule has 0 saturated heterocycles. The largest absolute Gasteiger partial charge is 0.352 e. The van der Waals surface area contributed by atoms with Gasteiger partial charge in [0.05, 0.1) is 4.92 Å². The average Bonchev–Trinajstić information content (AvgIpc) is 2.36. The van der Waals surface area contributed by atoms with E-state index in [1.165, 1.54) is 12.1 Å². The van der Waals surface area contributed by atoms with E-state index in [4.69, 9.17) is 5.53 Å². The molecule has 0 aliphatic carbocycles. The van der Waals surface area contributed by atoms with Crippen LogP contribution < -0.4 is 5.32 Å². The fraction of sp³-hybridized carbons (Fsp3) is 0.300. The van der Waals surface area contributed by atoms with E-state index in [1.807, 2.05) is 6.92 Å². The molecule has 0 aromatic heterocycles. The zero-order valence-electron chi connectivity index (χ0n) is 9.66. The molecule has 0 spiro atoms. The summed E-state index contributed by atoms with van der Waals surface area (Å²) in [6, 6.07) is 3.72. The van der Waals surface area contributed by atoms with Crippen LogP contribution in [-0.2, 0) is 0 Å². The van der Waals surface area contributed by atoms with E-state index in [1.54, 1.807) is 0 Å². The molecule has 1 amide bonds. The first kappa shape index (κ1) is 13.5. The van der Waals surface area contributed by atoms with Crippen molar-refractivity contribution in [3.05, 3.63) is 44.3 Å². The number of benzene rings is 1. The van der Waals surface area contributed by atoms with Crippen molar-refractivity contribution >= 4 is 17.3 Å². The van der Waals surface area contributed by atoms with Crippen LogP contribution in [0.2, 0.25) is 0 Å². The van der Waals surface area contributed by atoms with Gasteiger partial charge in [-0.05, 0) is 24.1 Å². The van der Waals surface area contributed by atoms with Gasteiger partial charge in [-0.25, -0.2) is 0 Å². The van der Waals surface area contributed by atoms with Crippen molar-refractivity contribution in [3.63, 3.8) is 0 Å². The maximum atomic E-state index is 11.6. The highest BCUT2D eigenvalue weighted by molar-refractivity contribution is 5.95. The van der Waals surface area contributed by atoms with Crippen LogP contribution in [0.5, 0.6) is 0 Å². The molecule has 8 heteroatoms. The van der Waals surface area contributed by atoms with Crippen molar-refractivity contribution < 1.29 is 9.72 Å². The van der Waals surface area contributed by atoms with Crippen LogP contribution in [0.15, 0.2) is 23.3 Å². The average molecular weight is 249 g/mol. The summed E-state index contributed by atoms with van der Waals surface area (Å²) >= 11 is 0. The second-order valence-electron chi connectivity index (χ2n) is 3.41. The number of nitrogens with one attached hydrogen (secondary N) is 1. The molecule has 0 atom stereocenters. The van der Waals surface area contributed by atoms with Crippen LogP contribution in [0, 0.1) is 10.1 Å². The molecule has 0 heterocycles. The summed E-state index contributed by atoms with van der Waals surface area (Å²) in [5, 5.41) is 16.6. The fourth-order valence-electron chi connectivity index (χ4n) is 1.28. The van der Waals surface area contributed by atoms with E-state index in [0.717, 1.165) is 12.5 Å². The molecular weight excluding hydrogens is 238 g/mol. The summed E-state index contributed by atoms with van der Waals surface area (Å²) in [6.45, 7) is 2.39. The second kappa shape index (κ2) is 6.21. The Balaban J connectivity index is 3.10. The lowest BCUT2D eigenvalue weighted by Gasteiger charge is -2.04. The van der Waals surface area contributed by atoms with Gasteiger partial charge in [-0.2, -0.15) is 0 Å². The molecule has 0 aliphatic heterocycles. The summed E-state index contributed by atoms with van der Waals surface area (Å²) in [4.78, 5) is 24.2. The van der Waals surface area contributed by atoms with Crippen LogP contribution in [0.3, 0.4) is 0 Å². The lowest BCUT2D eigenvalue weighted by atomic mass is 10.1. The van der Waals surface area contributed by atoms with Gasteiger partial charge in [0, 0.05) is 23.1 Å². The van der Waals surface area contributed by atoms with Gasteiger partial charge in [0.25, 0.3) is 11.6 Å². The van der Waals surface area contributed by atoms with Crippen molar-refractivity contribution in [2.45, 2.75) is 13.3 Å². The van der Waals surface area contributed by atoms with Crippen molar-refractivity contribution in [1.29, 1.82) is 0 Å². The van der Waals surface area contributed by atoms with E-state index >= 15 is 0 Å². The van der Waals surface area contributed by atoms with Gasteiger partial charge < -0.3 is 5.32 Å². The molecule has 1 N–H and O–H groups in total. The standard InChI is InChI=1S/C10H11N5O3/c1-2-5-12-10(16)7-3-4-8(13-14-11)9(6-7)15(17)18/h3-4,6H,2,5H2,1H3,(H,12,16). The van der Waals surface area contributed by atoms with Gasteiger partial charge in [0.2, 0.25) is 0 Å². The normalized spacial score (nSPS) is 9.39. The van der Waals surface area contributed by atoms with Crippen LogP contribution in [-0.4, -0.2) is 17.4 Å². The van der Waals surface area contributed by atoms with Gasteiger partial charge in [-0.15, -0.1) is 0 Å². The Bertz CT molecular complexity index is 522. The predicted molar refractivity (Wildman–Crippen MR) is 64.5 cm³/mol. The summed E-state index contributed by atoms with van der Waals surface area (Å²) in [7, 11) is 0. The monoisotopic (exact) mass is 249 g/mol. The summed E-state index contributed by atoms with van der Waals surface area (Å²) in [6.07, 6.45) is 0.768. The Kier molecular flexibility index (Phi) is 4.65. The summed E-state index contributed by atoms with van der Waals surface area (Å²) < 4.78 is 0. The number of amides is 1. The fourth-order valence-corrected chi connectivity index (χ4v) is 1.28. The zero-order chi connectivity index (χ0) is 13.5. The zero-order valence-corrected chi connectivity index (χ0v) is 9.66. The van der Waals surface area contributed by atoms with E-state index < -0.39 is 16.5 Å². The van der Waals surface area contributed by atoms with E-state index in [-0.39, 0.29) is 11.3 Å². The summed E-state index contributed by atoms with van der Waals surface area (Å²) in [5.41, 5.74) is 7.93. The van der Waals surface area contributed by atoms with Gasteiger partial charge in [-0.3, -0.25) is 14.9 Å². The number of hydrogen-bond donors (Lipinski definition) is 1. The number of rotatable bonds is 5. The first-order valence-corrected chi connectivity index (χ1v) is 5.22. The minimum atomic E-state index is -0.694. The van der Waals surface area contributed by atoms with Gasteiger partial charge in [-0.1, -0.05) is 12.0 Å². The molecule has 8 nitrogen and oxygen atoms in total. The first-order chi connectivity index (χ1) is 8.60. The first-order valence-electron chi connectivity index (χ1n) is 5.22. The highest BCUT2D eigenvalue weighted by Gasteiger charge is 2.16. The molecule has 18 heavy (non-hydrogen) atoms. The Morgan fingerprint density at radius 2 is 2.33 bits per heavy atom. The third kappa shape index (κ3) is 3.19. The molecule has 0 unspecified atom stereocenters. The second-order valence-corrected chi connectivity index (χ2v) is 3.41. The Labute approximate surface area is 102 Å². The van der Waals surface area contributed by atoms with Crippen LogP contribution in [0.1, 0.15) is 23.7 Å². The summed E-state index contributed by atoms with van der Waals surface area (Å²) in [5.74, 6) is -0.396. The lowest BCUT2D eigenvalue weighted by Crippen LogP contribution is -2.23. The Morgan fingerprint density at radius 3 is 2.89 bits per heavy atom. The number of azide groups is 1. The van der Waals surface area contributed by atoms with Crippen molar-refractivity contribution in [3.8, 4) is 0 Å². The molecule has 1 aromatic rings. The van der Waals surface area contributed by atoms with E-state index in [0.29, 0.717) is 6.54 Å². The van der Waals surface area contributed by atoms with Gasteiger partial charge in [0.15, 0.2) is 0 Å². The molecule has 0 fully saturated rings. The number of carbonyl (C=O) groups excluding carboxylic acids is 1. The van der Waals surface area contributed by atoms with Crippen molar-refractivity contribution in [2.24, 2.45) is 5.11 Å². The number of nitro groups is 1. The SMILES string of the molecule is CCCNC(=O)c1ccc(N=[N+]=[N-])c([N+](=O)[O-])c1. The molecule has 1 aromatic carbocycles. The Morgan fingerprint density at radius 1 is 1.61 bits per heavy atom. The lowest BCUT2D eigenvalue weighted by molar-refractivity contribution is -0.384.